The minimum Gasteiger partial charge on any atom is -0.385 e. The number of rotatable bonds is 12. The van der Waals surface area contributed by atoms with Crippen LogP contribution in [0.5, 0.6) is 0 Å². The van der Waals surface area contributed by atoms with Gasteiger partial charge in [-0.1, -0.05) is 26.2 Å². The zero-order valence-electron chi connectivity index (χ0n) is 13.4. The molecule has 1 rings (SSSR count). The highest BCUT2D eigenvalue weighted by atomic mass is 16.5. The SMILES string of the molecule is CCCNCC1(OCCOCCCOC)CCCCC1. The summed E-state index contributed by atoms with van der Waals surface area (Å²) in [5.41, 5.74) is 0.0588. The predicted octanol–water partition coefficient (Wildman–Crippen LogP) is 2.76. The van der Waals surface area contributed by atoms with Crippen molar-refractivity contribution in [3.8, 4) is 0 Å². The molecule has 0 aromatic heterocycles. The molecule has 1 N–H and O–H groups in total. The van der Waals surface area contributed by atoms with Crippen molar-refractivity contribution < 1.29 is 14.2 Å². The molecule has 20 heavy (non-hydrogen) atoms. The fraction of sp³-hybridized carbons (Fsp3) is 1.00. The summed E-state index contributed by atoms with van der Waals surface area (Å²) >= 11 is 0. The molecule has 1 saturated carbocycles. The molecule has 0 atom stereocenters. The Labute approximate surface area is 124 Å². The van der Waals surface area contributed by atoms with Crippen LogP contribution in [0, 0.1) is 0 Å². The van der Waals surface area contributed by atoms with Crippen molar-refractivity contribution in [1.82, 2.24) is 5.32 Å². The largest absolute Gasteiger partial charge is 0.385 e. The van der Waals surface area contributed by atoms with Crippen LogP contribution in [0.1, 0.15) is 51.9 Å². The van der Waals surface area contributed by atoms with Gasteiger partial charge in [0.2, 0.25) is 0 Å². The molecule has 0 heterocycles. The van der Waals surface area contributed by atoms with E-state index in [9.17, 15) is 0 Å². The highest BCUT2D eigenvalue weighted by molar-refractivity contribution is 4.86. The van der Waals surface area contributed by atoms with Crippen molar-refractivity contribution in [2.24, 2.45) is 0 Å². The second-order valence-electron chi connectivity index (χ2n) is 5.73. The third kappa shape index (κ3) is 7.58. The molecule has 0 spiro atoms. The van der Waals surface area contributed by atoms with Gasteiger partial charge in [0.15, 0.2) is 0 Å². The van der Waals surface area contributed by atoms with E-state index in [0.29, 0.717) is 13.2 Å². The van der Waals surface area contributed by atoms with E-state index in [2.05, 4.69) is 12.2 Å². The number of nitrogens with one attached hydrogen (secondary N) is 1. The fourth-order valence-electron chi connectivity index (χ4n) is 2.79. The molecule has 4 nitrogen and oxygen atoms in total. The predicted molar refractivity (Wildman–Crippen MR) is 82.2 cm³/mol. The molecule has 0 aliphatic heterocycles. The van der Waals surface area contributed by atoms with Gasteiger partial charge >= 0.3 is 0 Å². The Hall–Kier alpha value is -0.160. The molecule has 0 amide bonds. The summed E-state index contributed by atoms with van der Waals surface area (Å²) in [5, 5.41) is 3.53. The van der Waals surface area contributed by atoms with Crippen molar-refractivity contribution in [2.45, 2.75) is 57.5 Å². The van der Waals surface area contributed by atoms with E-state index in [1.807, 2.05) is 0 Å². The van der Waals surface area contributed by atoms with Crippen molar-refractivity contribution in [3.05, 3.63) is 0 Å². The topological polar surface area (TPSA) is 39.7 Å². The third-order valence-corrected chi connectivity index (χ3v) is 3.91. The molecular weight excluding hydrogens is 254 g/mol. The molecule has 0 aromatic carbocycles. The Balaban J connectivity index is 2.16. The summed E-state index contributed by atoms with van der Waals surface area (Å²) in [4.78, 5) is 0. The van der Waals surface area contributed by atoms with E-state index in [1.165, 1.54) is 38.5 Å². The summed E-state index contributed by atoms with van der Waals surface area (Å²) in [6.07, 6.45) is 8.45. The normalized spacial score (nSPS) is 18.3. The van der Waals surface area contributed by atoms with E-state index in [4.69, 9.17) is 14.2 Å². The van der Waals surface area contributed by atoms with Gasteiger partial charge in [-0.25, -0.2) is 0 Å². The monoisotopic (exact) mass is 287 g/mol. The quantitative estimate of drug-likeness (QED) is 0.560. The Kier molecular flexibility index (Phi) is 10.3. The van der Waals surface area contributed by atoms with E-state index in [0.717, 1.165) is 32.7 Å². The van der Waals surface area contributed by atoms with Gasteiger partial charge in [0.25, 0.3) is 0 Å². The molecular formula is C16H33NO3. The highest BCUT2D eigenvalue weighted by Gasteiger charge is 2.32. The van der Waals surface area contributed by atoms with Crippen LogP contribution in [0.25, 0.3) is 0 Å². The van der Waals surface area contributed by atoms with E-state index >= 15 is 0 Å². The minimum atomic E-state index is 0.0588. The molecule has 1 aliphatic rings. The molecule has 0 unspecified atom stereocenters. The molecule has 0 saturated heterocycles. The zero-order valence-corrected chi connectivity index (χ0v) is 13.4. The summed E-state index contributed by atoms with van der Waals surface area (Å²) in [7, 11) is 1.72. The van der Waals surface area contributed by atoms with Crippen LogP contribution in [0.4, 0.5) is 0 Å². The van der Waals surface area contributed by atoms with E-state index in [-0.39, 0.29) is 5.60 Å². The van der Waals surface area contributed by atoms with Gasteiger partial charge in [0.1, 0.15) is 0 Å². The van der Waals surface area contributed by atoms with Crippen LogP contribution in [0.15, 0.2) is 0 Å². The smallest absolute Gasteiger partial charge is 0.0807 e. The molecule has 0 aromatic rings. The highest BCUT2D eigenvalue weighted by Crippen LogP contribution is 2.31. The molecule has 0 bridgehead atoms. The first kappa shape index (κ1) is 17.9. The minimum absolute atomic E-state index is 0.0588. The van der Waals surface area contributed by atoms with Crippen LogP contribution in [0.2, 0.25) is 0 Å². The van der Waals surface area contributed by atoms with Crippen molar-refractivity contribution in [2.75, 3.05) is 46.6 Å². The van der Waals surface area contributed by atoms with E-state index in [1.54, 1.807) is 7.11 Å². The Morgan fingerprint density at radius 1 is 1.00 bits per heavy atom. The second kappa shape index (κ2) is 11.5. The number of hydrogen-bond acceptors (Lipinski definition) is 4. The summed E-state index contributed by atoms with van der Waals surface area (Å²) < 4.78 is 16.8. The maximum Gasteiger partial charge on any atom is 0.0807 e. The summed E-state index contributed by atoms with van der Waals surface area (Å²) in [6.45, 7) is 7.21. The average Bonchev–Trinajstić information content (AvgIpc) is 2.48. The van der Waals surface area contributed by atoms with Crippen molar-refractivity contribution in [1.29, 1.82) is 0 Å². The Morgan fingerprint density at radius 2 is 1.80 bits per heavy atom. The lowest BCUT2D eigenvalue weighted by Gasteiger charge is -2.37. The first-order valence-corrected chi connectivity index (χ1v) is 8.24. The van der Waals surface area contributed by atoms with Gasteiger partial charge in [-0.3, -0.25) is 0 Å². The standard InChI is InChI=1S/C16H33NO3/c1-3-10-17-15-16(8-5-4-6-9-16)20-14-13-19-12-7-11-18-2/h17H,3-15H2,1-2H3. The second-order valence-corrected chi connectivity index (χ2v) is 5.73. The van der Waals surface area contributed by atoms with Crippen molar-refractivity contribution in [3.63, 3.8) is 0 Å². The maximum absolute atomic E-state index is 6.20. The van der Waals surface area contributed by atoms with Gasteiger partial charge < -0.3 is 19.5 Å². The summed E-state index contributed by atoms with van der Waals surface area (Å²) in [6, 6.07) is 0. The van der Waals surface area contributed by atoms with Gasteiger partial charge in [-0.2, -0.15) is 0 Å². The lowest BCUT2D eigenvalue weighted by atomic mass is 9.84. The number of ether oxygens (including phenoxy) is 3. The van der Waals surface area contributed by atoms with Crippen LogP contribution in [0.3, 0.4) is 0 Å². The van der Waals surface area contributed by atoms with Crippen molar-refractivity contribution >= 4 is 0 Å². The maximum atomic E-state index is 6.20. The third-order valence-electron chi connectivity index (χ3n) is 3.91. The van der Waals surface area contributed by atoms with Crippen LogP contribution < -0.4 is 5.32 Å². The summed E-state index contributed by atoms with van der Waals surface area (Å²) in [5.74, 6) is 0. The van der Waals surface area contributed by atoms with Crippen LogP contribution in [-0.4, -0.2) is 52.2 Å². The molecule has 0 radical (unpaired) electrons. The first-order valence-electron chi connectivity index (χ1n) is 8.24. The molecule has 1 aliphatic carbocycles. The molecule has 1 fully saturated rings. The average molecular weight is 287 g/mol. The number of methoxy groups -OCH3 is 1. The van der Waals surface area contributed by atoms with Gasteiger partial charge in [0, 0.05) is 26.9 Å². The van der Waals surface area contributed by atoms with Crippen LogP contribution >= 0.6 is 0 Å². The lowest BCUT2D eigenvalue weighted by Crippen LogP contribution is -2.45. The van der Waals surface area contributed by atoms with E-state index < -0.39 is 0 Å². The van der Waals surface area contributed by atoms with Gasteiger partial charge in [-0.05, 0) is 32.2 Å². The van der Waals surface area contributed by atoms with Gasteiger partial charge in [-0.15, -0.1) is 0 Å². The fourth-order valence-corrected chi connectivity index (χ4v) is 2.79. The number of hydrogen-bond donors (Lipinski definition) is 1. The first-order chi connectivity index (χ1) is 9.83. The molecule has 120 valence electrons. The Morgan fingerprint density at radius 3 is 2.50 bits per heavy atom. The molecule has 4 heteroatoms. The zero-order chi connectivity index (χ0) is 14.5. The van der Waals surface area contributed by atoms with Gasteiger partial charge in [0.05, 0.1) is 18.8 Å². The lowest BCUT2D eigenvalue weighted by molar-refractivity contribution is -0.0866. The Bertz CT molecular complexity index is 218. The van der Waals surface area contributed by atoms with Crippen LogP contribution in [-0.2, 0) is 14.2 Å².